The van der Waals surface area contributed by atoms with E-state index in [1.807, 2.05) is 0 Å². The van der Waals surface area contributed by atoms with E-state index < -0.39 is 24.6 Å². The van der Waals surface area contributed by atoms with Gasteiger partial charge in [-0.2, -0.15) is 0 Å². The van der Waals surface area contributed by atoms with Crippen molar-refractivity contribution in [2.75, 3.05) is 0 Å². The molecule has 4 N–H and O–H groups in total. The summed E-state index contributed by atoms with van der Waals surface area (Å²) in [7, 11) is 0. The summed E-state index contributed by atoms with van der Waals surface area (Å²) in [5, 5.41) is 29.7. The molecule has 0 aliphatic carbocycles. The number of rotatable bonds is 1. The molecule has 12 nitrogen and oxygen atoms in total. The second kappa shape index (κ2) is 33.2. The van der Waals surface area contributed by atoms with Crippen LogP contribution in [0.1, 0.15) is 26.7 Å². The molecule has 0 radical (unpaired) electrons. The average molecular weight is 434 g/mol. The van der Waals surface area contributed by atoms with Crippen molar-refractivity contribution in [2.45, 2.75) is 26.7 Å². The Kier molecular flexibility index (Phi) is 46.9. The molecule has 0 saturated carbocycles. The summed E-state index contributed by atoms with van der Waals surface area (Å²) in [5.74, 6) is 0. The second-order valence-corrected chi connectivity index (χ2v) is 3.16. The molecule has 0 aromatic rings. The number of thiol groups is 4. The lowest BCUT2D eigenvalue weighted by atomic mass is 10.4. The largest absolute Gasteiger partial charge is 0.518 e. The van der Waals surface area contributed by atoms with Crippen LogP contribution in [0.3, 0.4) is 0 Å². The Hall–Kier alpha value is -1.52. The highest BCUT2D eigenvalue weighted by atomic mass is 32.1. The number of carbonyl (C=O) groups is 4. The zero-order valence-corrected chi connectivity index (χ0v) is 15.8. The standard InChI is InChI=1S/C4H10.4CH2O3S/c1-3-4-2;4*2-1(3)4-5/h3-4H2,1-2H3;4*5H,(H,2,3). The van der Waals surface area contributed by atoms with Crippen molar-refractivity contribution in [1.29, 1.82) is 0 Å². The Morgan fingerprint density at radius 3 is 0.667 bits per heavy atom. The molecule has 0 rings (SSSR count). The number of hydrogen-bond donors (Lipinski definition) is 8. The normalized spacial score (nSPS) is 6.75. The minimum Gasteiger partial charge on any atom is -0.449 e. The average Bonchev–Trinajstić information content (AvgIpc) is 2.56. The van der Waals surface area contributed by atoms with Crippen molar-refractivity contribution in [3.8, 4) is 0 Å². The molecule has 16 heteroatoms. The third kappa shape index (κ3) is 139. The van der Waals surface area contributed by atoms with Gasteiger partial charge in [-0.1, -0.05) is 26.7 Å². The predicted octanol–water partition coefficient (Wildman–Crippen LogP) is 3.91. The molecule has 0 atom stereocenters. The molecule has 0 bridgehead atoms. The summed E-state index contributed by atoms with van der Waals surface area (Å²) in [6, 6.07) is 0. The summed E-state index contributed by atoms with van der Waals surface area (Å²) in [4.78, 5) is 36.3. The molecule has 0 amide bonds. The van der Waals surface area contributed by atoms with Gasteiger partial charge in [-0.25, -0.2) is 19.2 Å². The van der Waals surface area contributed by atoms with E-state index in [2.05, 4.69) is 82.2 Å². The fraction of sp³-hybridized carbons (Fsp3) is 0.500. The predicted molar refractivity (Wildman–Crippen MR) is 93.0 cm³/mol. The number of hydrogen-bond acceptors (Lipinski definition) is 12. The molecular formula is C8H18O12S4. The Morgan fingerprint density at radius 2 is 0.667 bits per heavy atom. The van der Waals surface area contributed by atoms with E-state index in [1.54, 1.807) is 0 Å². The van der Waals surface area contributed by atoms with Crippen molar-refractivity contribution in [3.05, 3.63) is 0 Å². The molecule has 0 fully saturated rings. The third-order valence-corrected chi connectivity index (χ3v) is 1.44. The summed E-state index contributed by atoms with van der Waals surface area (Å²) >= 11 is 11.7. The highest BCUT2D eigenvalue weighted by Crippen LogP contribution is 1.77. The van der Waals surface area contributed by atoms with E-state index in [0.717, 1.165) is 0 Å². The van der Waals surface area contributed by atoms with Gasteiger partial charge in [-0.05, 0) is 0 Å². The monoisotopic (exact) mass is 434 g/mol. The molecule has 0 spiro atoms. The summed E-state index contributed by atoms with van der Waals surface area (Å²) in [6.45, 7) is 4.36. The first-order chi connectivity index (χ1) is 11.0. The van der Waals surface area contributed by atoms with Gasteiger partial charge in [-0.15, -0.1) is 0 Å². The maximum atomic E-state index is 9.07. The maximum Gasteiger partial charge on any atom is 0.518 e. The maximum absolute atomic E-state index is 9.07. The SMILES string of the molecule is CCCC.O=C(O)OS.O=C(O)OS.O=C(O)OS.O=C(O)OS. The van der Waals surface area contributed by atoms with Crippen molar-refractivity contribution in [2.24, 2.45) is 0 Å². The van der Waals surface area contributed by atoms with Crippen LogP contribution in [-0.4, -0.2) is 45.0 Å². The van der Waals surface area contributed by atoms with E-state index in [4.69, 9.17) is 39.6 Å². The summed E-state index contributed by atoms with van der Waals surface area (Å²) in [5.41, 5.74) is 0. The fourth-order valence-electron chi connectivity index (χ4n) is 0. The summed E-state index contributed by atoms with van der Waals surface area (Å²) < 4.78 is 13.4. The molecule has 0 aromatic carbocycles. The van der Waals surface area contributed by atoms with Crippen molar-refractivity contribution in [3.63, 3.8) is 0 Å². The molecule has 0 heterocycles. The van der Waals surface area contributed by atoms with Crippen LogP contribution < -0.4 is 0 Å². The van der Waals surface area contributed by atoms with E-state index in [1.165, 1.54) is 12.8 Å². The van der Waals surface area contributed by atoms with Gasteiger partial charge in [0.25, 0.3) is 0 Å². The highest BCUT2D eigenvalue weighted by Gasteiger charge is 1.84. The van der Waals surface area contributed by atoms with Crippen molar-refractivity contribution < 1.29 is 56.3 Å². The van der Waals surface area contributed by atoms with E-state index in [-0.39, 0.29) is 0 Å². The first kappa shape index (κ1) is 33.9. The Morgan fingerprint density at radius 1 is 0.583 bits per heavy atom. The second-order valence-electron chi connectivity index (χ2n) is 2.43. The molecule has 0 aliphatic heterocycles. The molecule has 0 aliphatic rings. The van der Waals surface area contributed by atoms with E-state index in [0.29, 0.717) is 0 Å². The van der Waals surface area contributed by atoms with Crippen LogP contribution in [0.25, 0.3) is 0 Å². The number of unbranched alkanes of at least 4 members (excludes halogenated alkanes) is 1. The molecule has 0 aromatic heterocycles. The van der Waals surface area contributed by atoms with Crippen LogP contribution in [0, 0.1) is 0 Å². The molecule has 0 unspecified atom stereocenters. The Labute approximate surface area is 159 Å². The first-order valence-corrected chi connectivity index (χ1v) is 6.63. The van der Waals surface area contributed by atoms with Gasteiger partial charge in [-0.3, -0.25) is 0 Å². The zero-order chi connectivity index (χ0) is 20.6. The first-order valence-electron chi connectivity index (χ1n) is 5.17. The quantitative estimate of drug-likeness (QED) is 0.169. The lowest BCUT2D eigenvalue weighted by molar-refractivity contribution is 0.152. The van der Waals surface area contributed by atoms with Crippen LogP contribution in [0.15, 0.2) is 0 Å². The smallest absolute Gasteiger partial charge is 0.449 e. The van der Waals surface area contributed by atoms with E-state index >= 15 is 0 Å². The molecule has 146 valence electrons. The zero-order valence-electron chi connectivity index (χ0n) is 12.3. The minimum absolute atomic E-state index is 1.32. The molecular weight excluding hydrogens is 416 g/mol. The van der Waals surface area contributed by atoms with E-state index in [9.17, 15) is 0 Å². The van der Waals surface area contributed by atoms with Gasteiger partial charge >= 0.3 is 24.6 Å². The lowest BCUT2D eigenvalue weighted by Crippen LogP contribution is -1.85. The Bertz CT molecular complexity index is 255. The summed E-state index contributed by atoms with van der Waals surface area (Å²) in [6.07, 6.45) is -2.89. The van der Waals surface area contributed by atoms with Crippen LogP contribution in [0.4, 0.5) is 19.2 Å². The minimum atomic E-state index is -1.38. The van der Waals surface area contributed by atoms with Crippen LogP contribution in [0.2, 0.25) is 0 Å². The lowest BCUT2D eigenvalue weighted by Gasteiger charge is -1.76. The van der Waals surface area contributed by atoms with Gasteiger partial charge in [0.05, 0.1) is 0 Å². The third-order valence-electron chi connectivity index (χ3n) is 0.812. The topological polar surface area (TPSA) is 186 Å². The van der Waals surface area contributed by atoms with Gasteiger partial charge < -0.3 is 37.2 Å². The van der Waals surface area contributed by atoms with Gasteiger partial charge in [0.1, 0.15) is 0 Å². The highest BCUT2D eigenvalue weighted by molar-refractivity contribution is 7.76. The van der Waals surface area contributed by atoms with Crippen LogP contribution >= 0.6 is 51.6 Å². The van der Waals surface area contributed by atoms with Gasteiger partial charge in [0.2, 0.25) is 0 Å². The fourth-order valence-corrected chi connectivity index (χ4v) is 0. The van der Waals surface area contributed by atoms with Crippen molar-refractivity contribution >= 4 is 76.3 Å². The van der Waals surface area contributed by atoms with Crippen LogP contribution in [-0.2, 0) is 16.7 Å². The Balaban J connectivity index is -0.0000000628. The van der Waals surface area contributed by atoms with Crippen LogP contribution in [0.5, 0.6) is 0 Å². The number of carboxylic acid groups (broad SMARTS) is 4. The molecule has 24 heavy (non-hydrogen) atoms. The molecule has 0 saturated heterocycles. The van der Waals surface area contributed by atoms with Gasteiger partial charge in [0, 0.05) is 51.6 Å². The van der Waals surface area contributed by atoms with Crippen molar-refractivity contribution in [1.82, 2.24) is 0 Å². The van der Waals surface area contributed by atoms with Gasteiger partial charge in [0.15, 0.2) is 0 Å².